The second kappa shape index (κ2) is 4.59. The van der Waals surface area contributed by atoms with Gasteiger partial charge in [0.25, 0.3) is 0 Å². The molecule has 1 atom stereocenters. The second-order valence-electron chi connectivity index (χ2n) is 5.56. The topological polar surface area (TPSA) is 61.4 Å². The van der Waals surface area contributed by atoms with Crippen LogP contribution in [0, 0.1) is 5.41 Å². The molecule has 0 aliphatic carbocycles. The minimum absolute atomic E-state index is 0.136. The summed E-state index contributed by atoms with van der Waals surface area (Å²) in [6, 6.07) is 6.35. The Labute approximate surface area is 112 Å². The fraction of sp³-hybridized carbons (Fsp3) is 0.500. The number of hydrogen-bond donors (Lipinski definition) is 2. The van der Waals surface area contributed by atoms with Crippen molar-refractivity contribution < 1.29 is 9.84 Å². The van der Waals surface area contributed by atoms with Crippen LogP contribution in [0.4, 0.5) is 0 Å². The highest BCUT2D eigenvalue weighted by atomic mass is 16.5. The molecule has 1 fully saturated rings. The molecule has 1 unspecified atom stereocenters. The van der Waals surface area contributed by atoms with Gasteiger partial charge >= 0.3 is 0 Å². The summed E-state index contributed by atoms with van der Waals surface area (Å²) < 4.78 is 5.35. The van der Waals surface area contributed by atoms with Gasteiger partial charge in [-0.3, -0.25) is 0 Å². The third kappa shape index (κ3) is 1.94. The highest BCUT2D eigenvalue weighted by Gasteiger charge is 2.47. The predicted molar refractivity (Wildman–Crippen MR) is 72.9 cm³/mol. The van der Waals surface area contributed by atoms with E-state index in [1.807, 2.05) is 20.2 Å². The lowest BCUT2D eigenvalue weighted by Crippen LogP contribution is -2.53. The number of fused-ring (bicyclic) bond motifs is 1. The summed E-state index contributed by atoms with van der Waals surface area (Å²) in [5.74, 6) is 0. The lowest BCUT2D eigenvalue weighted by atomic mass is 9.75. The smallest absolute Gasteiger partial charge is 0.0931 e. The SMILES string of the molecule is CN(C)C(c1ccc2nc[nH]c2c1)C1(CO)COC1. The summed E-state index contributed by atoms with van der Waals surface area (Å²) in [6.45, 7) is 1.34. The van der Waals surface area contributed by atoms with Crippen molar-refractivity contribution in [2.45, 2.75) is 6.04 Å². The Morgan fingerprint density at radius 1 is 1.47 bits per heavy atom. The van der Waals surface area contributed by atoms with Crippen molar-refractivity contribution in [3.63, 3.8) is 0 Å². The average Bonchev–Trinajstić information content (AvgIpc) is 2.80. The van der Waals surface area contributed by atoms with Crippen LogP contribution in [0.3, 0.4) is 0 Å². The van der Waals surface area contributed by atoms with E-state index < -0.39 is 0 Å². The fourth-order valence-electron chi connectivity index (χ4n) is 3.02. The van der Waals surface area contributed by atoms with E-state index in [1.165, 1.54) is 5.56 Å². The van der Waals surface area contributed by atoms with Gasteiger partial charge in [-0.25, -0.2) is 4.98 Å². The first kappa shape index (κ1) is 12.6. The van der Waals surface area contributed by atoms with E-state index in [-0.39, 0.29) is 18.1 Å². The standard InChI is InChI=1S/C14H19N3O2/c1-17(2)13(14(6-18)7-19-8-14)10-3-4-11-12(5-10)16-9-15-11/h3-5,9,13,18H,6-8H2,1-2H3,(H,15,16). The number of nitrogens with one attached hydrogen (secondary N) is 1. The summed E-state index contributed by atoms with van der Waals surface area (Å²) >= 11 is 0. The lowest BCUT2D eigenvalue weighted by molar-refractivity contribution is -0.172. The number of imidazole rings is 1. The zero-order chi connectivity index (χ0) is 13.5. The van der Waals surface area contributed by atoms with Crippen LogP contribution in [0.1, 0.15) is 11.6 Å². The first-order valence-electron chi connectivity index (χ1n) is 6.44. The molecule has 1 saturated heterocycles. The van der Waals surface area contributed by atoms with E-state index in [9.17, 15) is 5.11 Å². The highest BCUT2D eigenvalue weighted by Crippen LogP contribution is 2.43. The Kier molecular flexibility index (Phi) is 3.05. The van der Waals surface area contributed by atoms with Crippen molar-refractivity contribution in [1.29, 1.82) is 0 Å². The van der Waals surface area contributed by atoms with Crippen LogP contribution >= 0.6 is 0 Å². The maximum Gasteiger partial charge on any atom is 0.0931 e. The Morgan fingerprint density at radius 3 is 2.84 bits per heavy atom. The molecule has 1 aromatic heterocycles. The zero-order valence-corrected chi connectivity index (χ0v) is 11.3. The Morgan fingerprint density at radius 2 is 2.26 bits per heavy atom. The number of ether oxygens (including phenoxy) is 1. The number of H-pyrrole nitrogens is 1. The van der Waals surface area contributed by atoms with Gasteiger partial charge in [-0.1, -0.05) is 6.07 Å². The number of rotatable bonds is 4. The number of nitrogens with zero attached hydrogens (tertiary/aromatic N) is 2. The van der Waals surface area contributed by atoms with E-state index in [2.05, 4.69) is 27.0 Å². The summed E-state index contributed by atoms with van der Waals surface area (Å²) in [4.78, 5) is 9.52. The Hall–Kier alpha value is -1.43. The normalized spacial score (nSPS) is 19.6. The predicted octanol–water partition coefficient (Wildman–Crippen LogP) is 1.17. The minimum atomic E-state index is -0.197. The molecular weight excluding hydrogens is 242 g/mol. The molecule has 5 heteroatoms. The fourth-order valence-corrected chi connectivity index (χ4v) is 3.02. The van der Waals surface area contributed by atoms with Crippen LogP contribution in [0.25, 0.3) is 11.0 Å². The third-order valence-corrected chi connectivity index (χ3v) is 3.95. The Bertz CT molecular complexity index is 569. The van der Waals surface area contributed by atoms with Gasteiger partial charge in [-0.2, -0.15) is 0 Å². The number of hydrogen-bond acceptors (Lipinski definition) is 4. The van der Waals surface area contributed by atoms with E-state index in [0.717, 1.165) is 11.0 Å². The quantitative estimate of drug-likeness (QED) is 0.867. The summed E-state index contributed by atoms with van der Waals surface area (Å²) in [5, 5.41) is 9.76. The van der Waals surface area contributed by atoms with Crippen molar-refractivity contribution in [1.82, 2.24) is 14.9 Å². The molecule has 19 heavy (non-hydrogen) atoms. The van der Waals surface area contributed by atoms with Crippen LogP contribution in [-0.4, -0.2) is 53.9 Å². The molecule has 1 aliphatic rings. The first-order chi connectivity index (χ1) is 9.16. The number of aromatic amines is 1. The van der Waals surface area contributed by atoms with Crippen LogP contribution in [0.5, 0.6) is 0 Å². The average molecular weight is 261 g/mol. The van der Waals surface area contributed by atoms with Crippen LogP contribution in [-0.2, 0) is 4.74 Å². The molecule has 0 radical (unpaired) electrons. The van der Waals surface area contributed by atoms with E-state index in [4.69, 9.17) is 4.74 Å². The third-order valence-electron chi connectivity index (χ3n) is 3.95. The van der Waals surface area contributed by atoms with E-state index in [1.54, 1.807) is 6.33 Å². The minimum Gasteiger partial charge on any atom is -0.396 e. The molecular formula is C14H19N3O2. The number of aliphatic hydroxyl groups excluding tert-OH is 1. The van der Waals surface area contributed by atoms with Gasteiger partial charge in [-0.15, -0.1) is 0 Å². The highest BCUT2D eigenvalue weighted by molar-refractivity contribution is 5.75. The van der Waals surface area contributed by atoms with Crippen molar-refractivity contribution in [2.75, 3.05) is 33.9 Å². The largest absolute Gasteiger partial charge is 0.396 e. The molecule has 5 nitrogen and oxygen atoms in total. The van der Waals surface area contributed by atoms with Gasteiger partial charge in [0.15, 0.2) is 0 Å². The summed E-state index contributed by atoms with van der Waals surface area (Å²) in [5.41, 5.74) is 2.97. The first-order valence-corrected chi connectivity index (χ1v) is 6.44. The van der Waals surface area contributed by atoms with Crippen LogP contribution in [0.2, 0.25) is 0 Å². The van der Waals surface area contributed by atoms with Gasteiger partial charge in [0.2, 0.25) is 0 Å². The lowest BCUT2D eigenvalue weighted by Gasteiger charge is -2.48. The number of benzene rings is 1. The molecule has 2 heterocycles. The van der Waals surface area contributed by atoms with Gasteiger partial charge in [0, 0.05) is 6.04 Å². The maximum absolute atomic E-state index is 9.76. The zero-order valence-electron chi connectivity index (χ0n) is 11.3. The molecule has 3 rings (SSSR count). The van der Waals surface area contributed by atoms with Crippen LogP contribution < -0.4 is 0 Å². The summed E-state index contributed by atoms with van der Waals surface area (Å²) in [6.07, 6.45) is 1.70. The van der Waals surface area contributed by atoms with Gasteiger partial charge in [0.05, 0.1) is 42.6 Å². The molecule has 0 saturated carbocycles. The summed E-state index contributed by atoms with van der Waals surface area (Å²) in [7, 11) is 4.08. The molecule has 0 spiro atoms. The molecule has 2 aromatic rings. The molecule has 1 aliphatic heterocycles. The van der Waals surface area contributed by atoms with Gasteiger partial charge in [0.1, 0.15) is 0 Å². The molecule has 1 aromatic carbocycles. The van der Waals surface area contributed by atoms with Crippen molar-refractivity contribution >= 4 is 11.0 Å². The number of aromatic nitrogens is 2. The molecule has 0 bridgehead atoms. The Balaban J connectivity index is 2.03. The second-order valence-corrected chi connectivity index (χ2v) is 5.56. The maximum atomic E-state index is 9.76. The molecule has 0 amide bonds. The molecule has 2 N–H and O–H groups in total. The van der Waals surface area contributed by atoms with Gasteiger partial charge in [-0.05, 0) is 31.8 Å². The van der Waals surface area contributed by atoms with E-state index in [0.29, 0.717) is 13.2 Å². The van der Waals surface area contributed by atoms with E-state index >= 15 is 0 Å². The van der Waals surface area contributed by atoms with Crippen molar-refractivity contribution in [3.8, 4) is 0 Å². The monoisotopic (exact) mass is 261 g/mol. The number of aliphatic hydroxyl groups is 1. The van der Waals surface area contributed by atoms with Crippen molar-refractivity contribution in [2.24, 2.45) is 5.41 Å². The van der Waals surface area contributed by atoms with Crippen LogP contribution in [0.15, 0.2) is 24.5 Å². The molecule has 102 valence electrons. The van der Waals surface area contributed by atoms with Crippen molar-refractivity contribution in [3.05, 3.63) is 30.1 Å². The van der Waals surface area contributed by atoms with Gasteiger partial charge < -0.3 is 19.7 Å².